The van der Waals surface area contributed by atoms with E-state index in [9.17, 15) is 14.7 Å². The number of benzene rings is 3. The number of methoxy groups -OCH3 is 2. The van der Waals surface area contributed by atoms with Crippen molar-refractivity contribution in [3.63, 3.8) is 0 Å². The first-order valence-corrected chi connectivity index (χ1v) is 11.9. The molecule has 1 fully saturated rings. The first-order valence-electron chi connectivity index (χ1n) is 11.9. The van der Waals surface area contributed by atoms with Gasteiger partial charge in [-0.25, -0.2) is 0 Å². The summed E-state index contributed by atoms with van der Waals surface area (Å²) in [5.41, 5.74) is 4.62. The highest BCUT2D eigenvalue weighted by Crippen LogP contribution is 2.44. The van der Waals surface area contributed by atoms with Gasteiger partial charge in [-0.15, -0.1) is 0 Å². The predicted octanol–water partition coefficient (Wildman–Crippen LogP) is 6.07. The first kappa shape index (κ1) is 25.0. The summed E-state index contributed by atoms with van der Waals surface area (Å²) in [5.74, 6) is -0.145. The number of carbonyl (C=O) groups is 2. The van der Waals surface area contributed by atoms with Crippen LogP contribution in [0.25, 0.3) is 5.76 Å². The van der Waals surface area contributed by atoms with Crippen molar-refractivity contribution in [2.75, 3.05) is 19.1 Å². The zero-order valence-corrected chi connectivity index (χ0v) is 21.5. The van der Waals surface area contributed by atoms with E-state index >= 15 is 0 Å². The Hall–Kier alpha value is -4.06. The quantitative estimate of drug-likeness (QED) is 0.261. The average Bonchev–Trinajstić information content (AvgIpc) is 3.13. The van der Waals surface area contributed by atoms with E-state index in [4.69, 9.17) is 9.47 Å². The lowest BCUT2D eigenvalue weighted by molar-refractivity contribution is -0.132. The van der Waals surface area contributed by atoms with E-state index in [-0.39, 0.29) is 17.3 Å². The maximum atomic E-state index is 13.5. The van der Waals surface area contributed by atoms with Gasteiger partial charge in [-0.1, -0.05) is 43.7 Å². The minimum absolute atomic E-state index is 0.0463. The highest BCUT2D eigenvalue weighted by Gasteiger charge is 2.47. The van der Waals surface area contributed by atoms with E-state index < -0.39 is 17.7 Å². The molecule has 1 aliphatic heterocycles. The second-order valence-corrected chi connectivity index (χ2v) is 9.34. The number of carbonyl (C=O) groups excluding carboxylic acids is 2. The summed E-state index contributed by atoms with van der Waals surface area (Å²) in [6, 6.07) is 17.4. The average molecular weight is 486 g/mol. The number of ketones is 1. The summed E-state index contributed by atoms with van der Waals surface area (Å²) in [6.07, 6.45) is 0. The Morgan fingerprint density at radius 1 is 0.917 bits per heavy atom. The van der Waals surface area contributed by atoms with Crippen LogP contribution >= 0.6 is 0 Å². The summed E-state index contributed by atoms with van der Waals surface area (Å²) in [5, 5.41) is 11.5. The minimum atomic E-state index is -0.804. The number of hydrogen-bond donors (Lipinski definition) is 1. The SMILES string of the molecule is COc1ccc(C2/C(=C(/O)c3ccc(OC)c(C(C)C)c3)C(=O)C(=O)N2c2ccc(C)cc2C)cc1. The van der Waals surface area contributed by atoms with Crippen molar-refractivity contribution in [2.45, 2.75) is 39.7 Å². The van der Waals surface area contributed by atoms with Crippen LogP contribution in [0.3, 0.4) is 0 Å². The van der Waals surface area contributed by atoms with Crippen molar-refractivity contribution in [1.82, 2.24) is 0 Å². The van der Waals surface area contributed by atoms with Crippen molar-refractivity contribution in [2.24, 2.45) is 0 Å². The van der Waals surface area contributed by atoms with Gasteiger partial charge < -0.3 is 14.6 Å². The van der Waals surface area contributed by atoms with Crippen molar-refractivity contribution < 1.29 is 24.2 Å². The summed E-state index contributed by atoms with van der Waals surface area (Å²) < 4.78 is 10.8. The molecule has 186 valence electrons. The van der Waals surface area contributed by atoms with Gasteiger partial charge in [0.2, 0.25) is 0 Å². The lowest BCUT2D eigenvalue weighted by atomic mass is 9.93. The Kier molecular flexibility index (Phi) is 6.88. The summed E-state index contributed by atoms with van der Waals surface area (Å²) in [6.45, 7) is 7.93. The van der Waals surface area contributed by atoms with Gasteiger partial charge in [0.05, 0.1) is 25.8 Å². The molecule has 1 heterocycles. The zero-order chi connectivity index (χ0) is 26.1. The topological polar surface area (TPSA) is 76.1 Å². The molecule has 1 amide bonds. The molecular formula is C30H31NO5. The summed E-state index contributed by atoms with van der Waals surface area (Å²) in [4.78, 5) is 28.4. The molecule has 0 radical (unpaired) electrons. The van der Waals surface area contributed by atoms with Crippen LogP contribution in [-0.2, 0) is 9.59 Å². The molecule has 1 saturated heterocycles. The molecule has 0 saturated carbocycles. The van der Waals surface area contributed by atoms with Crippen LogP contribution in [0.15, 0.2) is 66.2 Å². The van der Waals surface area contributed by atoms with Crippen LogP contribution < -0.4 is 14.4 Å². The Balaban J connectivity index is 1.96. The molecule has 0 aromatic heterocycles. The fraction of sp³-hybridized carbons (Fsp3) is 0.267. The molecule has 3 aromatic rings. The van der Waals surface area contributed by atoms with Crippen molar-refractivity contribution in [1.29, 1.82) is 0 Å². The Bertz CT molecular complexity index is 1350. The molecule has 3 aromatic carbocycles. The molecule has 36 heavy (non-hydrogen) atoms. The van der Waals surface area contributed by atoms with Gasteiger partial charge in [0, 0.05) is 11.3 Å². The lowest BCUT2D eigenvalue weighted by Gasteiger charge is -2.27. The smallest absolute Gasteiger partial charge is 0.300 e. The first-order chi connectivity index (χ1) is 17.2. The number of Topliss-reactive ketones (excluding diaryl/α,β-unsaturated/α-hetero) is 1. The van der Waals surface area contributed by atoms with E-state index in [2.05, 4.69) is 0 Å². The van der Waals surface area contributed by atoms with Gasteiger partial charge >= 0.3 is 0 Å². The second kappa shape index (κ2) is 9.90. The van der Waals surface area contributed by atoms with Crippen LogP contribution in [0.4, 0.5) is 5.69 Å². The van der Waals surface area contributed by atoms with E-state index in [0.29, 0.717) is 28.3 Å². The van der Waals surface area contributed by atoms with Crippen molar-refractivity contribution >= 4 is 23.1 Å². The normalized spacial score (nSPS) is 17.1. The molecule has 0 bridgehead atoms. The van der Waals surface area contributed by atoms with Crippen LogP contribution in [-0.4, -0.2) is 31.0 Å². The third-order valence-electron chi connectivity index (χ3n) is 6.61. The van der Waals surface area contributed by atoms with E-state index in [1.807, 2.05) is 64.1 Å². The molecule has 6 nitrogen and oxygen atoms in total. The van der Waals surface area contributed by atoms with E-state index in [0.717, 1.165) is 16.7 Å². The number of hydrogen-bond acceptors (Lipinski definition) is 5. The van der Waals surface area contributed by atoms with Gasteiger partial charge in [0.25, 0.3) is 11.7 Å². The second-order valence-electron chi connectivity index (χ2n) is 9.34. The number of aliphatic hydroxyl groups excluding tert-OH is 1. The van der Waals surface area contributed by atoms with Gasteiger partial charge in [0.1, 0.15) is 17.3 Å². The maximum Gasteiger partial charge on any atom is 0.300 e. The maximum absolute atomic E-state index is 13.5. The number of rotatable bonds is 6. The van der Waals surface area contributed by atoms with Crippen molar-refractivity contribution in [3.8, 4) is 11.5 Å². The number of anilines is 1. The molecule has 1 aliphatic rings. The van der Waals surface area contributed by atoms with Gasteiger partial charge in [-0.05, 0) is 72.9 Å². The van der Waals surface area contributed by atoms with E-state index in [1.165, 1.54) is 4.90 Å². The van der Waals surface area contributed by atoms with Gasteiger partial charge in [-0.3, -0.25) is 14.5 Å². The molecule has 4 rings (SSSR count). The highest BCUT2D eigenvalue weighted by atomic mass is 16.5. The highest BCUT2D eigenvalue weighted by molar-refractivity contribution is 6.51. The minimum Gasteiger partial charge on any atom is -0.507 e. The van der Waals surface area contributed by atoms with Crippen LogP contribution in [0.2, 0.25) is 0 Å². The molecule has 1 unspecified atom stereocenters. The number of ether oxygens (including phenoxy) is 2. The lowest BCUT2D eigenvalue weighted by Crippen LogP contribution is -2.30. The standard InChI is InChI=1S/C30H31NO5/c1-17(2)23-16-21(10-14-25(23)36-6)28(32)26-27(20-8-11-22(35-5)12-9-20)31(30(34)29(26)33)24-13-7-18(3)15-19(24)4/h7-17,27,32H,1-6H3/b28-26-. The monoisotopic (exact) mass is 485 g/mol. The third-order valence-corrected chi connectivity index (χ3v) is 6.61. The Morgan fingerprint density at radius 3 is 2.19 bits per heavy atom. The molecule has 1 atom stereocenters. The third kappa shape index (κ3) is 4.35. The van der Waals surface area contributed by atoms with E-state index in [1.54, 1.807) is 38.5 Å². The fourth-order valence-corrected chi connectivity index (χ4v) is 4.75. The molecule has 1 N–H and O–H groups in total. The zero-order valence-electron chi connectivity index (χ0n) is 21.5. The fourth-order valence-electron chi connectivity index (χ4n) is 4.75. The molecule has 0 spiro atoms. The van der Waals surface area contributed by atoms with Crippen LogP contribution in [0.5, 0.6) is 11.5 Å². The Labute approximate surface area is 211 Å². The number of aliphatic hydroxyl groups is 1. The Morgan fingerprint density at radius 2 is 1.61 bits per heavy atom. The molecule has 6 heteroatoms. The van der Waals surface area contributed by atoms with Gasteiger partial charge in [-0.2, -0.15) is 0 Å². The van der Waals surface area contributed by atoms with Crippen LogP contribution in [0, 0.1) is 13.8 Å². The number of aryl methyl sites for hydroxylation is 2. The predicted molar refractivity (Wildman–Crippen MR) is 141 cm³/mol. The molecule has 0 aliphatic carbocycles. The number of nitrogens with zero attached hydrogens (tertiary/aromatic N) is 1. The van der Waals surface area contributed by atoms with Crippen molar-refractivity contribution in [3.05, 3.63) is 94.1 Å². The van der Waals surface area contributed by atoms with Crippen LogP contribution in [0.1, 0.15) is 53.6 Å². The molecular weight excluding hydrogens is 454 g/mol. The summed E-state index contributed by atoms with van der Waals surface area (Å²) >= 11 is 0. The van der Waals surface area contributed by atoms with Gasteiger partial charge in [0.15, 0.2) is 0 Å². The number of amides is 1. The largest absolute Gasteiger partial charge is 0.507 e. The summed E-state index contributed by atoms with van der Waals surface area (Å²) in [7, 11) is 3.17.